The van der Waals surface area contributed by atoms with Crippen LogP contribution in [0.2, 0.25) is 0 Å². The molecule has 0 aliphatic carbocycles. The maximum atomic E-state index is 13.0. The van der Waals surface area contributed by atoms with Crippen molar-refractivity contribution in [3.05, 3.63) is 41.7 Å². The summed E-state index contributed by atoms with van der Waals surface area (Å²) in [6.07, 6.45) is 3.77. The van der Waals surface area contributed by atoms with Crippen molar-refractivity contribution in [2.45, 2.75) is 25.3 Å². The first-order valence-corrected chi connectivity index (χ1v) is 9.14. The quantitative estimate of drug-likeness (QED) is 0.844. The Hall–Kier alpha value is -2.87. The van der Waals surface area contributed by atoms with Gasteiger partial charge in [0.1, 0.15) is 5.75 Å². The largest absolute Gasteiger partial charge is 0.482 e. The highest BCUT2D eigenvalue weighted by Crippen LogP contribution is 2.31. The van der Waals surface area contributed by atoms with E-state index in [1.807, 2.05) is 17.2 Å². The number of carbonyl (C=O) groups is 2. The molecule has 0 radical (unpaired) electrons. The van der Waals surface area contributed by atoms with Crippen molar-refractivity contribution in [3.63, 3.8) is 0 Å². The van der Waals surface area contributed by atoms with Gasteiger partial charge in [-0.3, -0.25) is 14.3 Å². The number of aliphatic hydroxyl groups is 1. The van der Waals surface area contributed by atoms with E-state index in [1.165, 1.54) is 0 Å². The highest BCUT2D eigenvalue weighted by atomic mass is 16.5. The Morgan fingerprint density at radius 3 is 3.11 bits per heavy atom. The number of likely N-dealkylation sites (tertiary alicyclic amines) is 1. The molecule has 8 nitrogen and oxygen atoms in total. The molecule has 0 bridgehead atoms. The number of hydrogen-bond acceptors (Lipinski definition) is 5. The number of carbonyl (C=O) groups excluding carboxylic acids is 2. The standard InChI is InChI=1S/C19H22N4O4/c24-9-8-23-7-5-15(21-23)14-2-1-6-22(11-14)19(26)13-3-4-16-17(10-13)27-12-18(25)20-16/h3-5,7,10,14,24H,1-2,6,8-9,11-12H2,(H,20,25)/t14-/m0/s1. The molecular formula is C19H22N4O4. The topological polar surface area (TPSA) is 96.7 Å². The van der Waals surface area contributed by atoms with Crippen molar-refractivity contribution in [1.29, 1.82) is 0 Å². The maximum Gasteiger partial charge on any atom is 0.262 e. The second kappa shape index (κ2) is 7.40. The van der Waals surface area contributed by atoms with Gasteiger partial charge in [0, 0.05) is 30.8 Å². The molecule has 2 aliphatic heterocycles. The van der Waals surface area contributed by atoms with Crippen LogP contribution in [0, 0.1) is 0 Å². The fourth-order valence-corrected chi connectivity index (χ4v) is 3.62. The summed E-state index contributed by atoms with van der Waals surface area (Å²) in [7, 11) is 0. The Balaban J connectivity index is 1.47. The summed E-state index contributed by atoms with van der Waals surface area (Å²) >= 11 is 0. The van der Waals surface area contributed by atoms with Gasteiger partial charge in [-0.25, -0.2) is 0 Å². The van der Waals surface area contributed by atoms with E-state index in [0.717, 1.165) is 18.5 Å². The molecule has 2 aliphatic rings. The fraction of sp³-hybridized carbons (Fsp3) is 0.421. The number of aromatic nitrogens is 2. The molecular weight excluding hydrogens is 348 g/mol. The lowest BCUT2D eigenvalue weighted by Gasteiger charge is -2.32. The van der Waals surface area contributed by atoms with Gasteiger partial charge in [0.05, 0.1) is 24.5 Å². The van der Waals surface area contributed by atoms with Crippen LogP contribution in [0.5, 0.6) is 5.75 Å². The first-order chi connectivity index (χ1) is 13.1. The summed E-state index contributed by atoms with van der Waals surface area (Å²) in [4.78, 5) is 26.2. The molecule has 27 heavy (non-hydrogen) atoms. The van der Waals surface area contributed by atoms with Crippen molar-refractivity contribution >= 4 is 17.5 Å². The Labute approximate surface area is 156 Å². The molecule has 1 atom stereocenters. The summed E-state index contributed by atoms with van der Waals surface area (Å²) in [6.45, 7) is 1.82. The smallest absolute Gasteiger partial charge is 0.262 e. The minimum Gasteiger partial charge on any atom is -0.482 e. The summed E-state index contributed by atoms with van der Waals surface area (Å²) in [5.41, 5.74) is 2.10. The van der Waals surface area contributed by atoms with Crippen molar-refractivity contribution < 1.29 is 19.4 Å². The third kappa shape index (κ3) is 3.66. The lowest BCUT2D eigenvalue weighted by molar-refractivity contribution is -0.118. The molecule has 1 fully saturated rings. The number of amides is 2. The van der Waals surface area contributed by atoms with Gasteiger partial charge in [0.2, 0.25) is 0 Å². The maximum absolute atomic E-state index is 13.0. The fourth-order valence-electron chi connectivity index (χ4n) is 3.62. The Morgan fingerprint density at radius 1 is 1.37 bits per heavy atom. The van der Waals surface area contributed by atoms with Gasteiger partial charge in [0.15, 0.2) is 6.61 Å². The van der Waals surface area contributed by atoms with Crippen molar-refractivity contribution in [2.24, 2.45) is 0 Å². The van der Waals surface area contributed by atoms with Gasteiger partial charge >= 0.3 is 0 Å². The van der Waals surface area contributed by atoms with Gasteiger partial charge in [-0.2, -0.15) is 5.10 Å². The molecule has 1 saturated heterocycles. The van der Waals surface area contributed by atoms with Crippen LogP contribution in [0.1, 0.15) is 34.8 Å². The van der Waals surface area contributed by atoms with Gasteiger partial charge in [-0.05, 0) is 37.1 Å². The second-order valence-corrected chi connectivity index (χ2v) is 6.87. The third-order valence-corrected chi connectivity index (χ3v) is 4.98. The minimum absolute atomic E-state index is 0.0348. The first-order valence-electron chi connectivity index (χ1n) is 9.14. The van der Waals surface area contributed by atoms with Crippen molar-refractivity contribution in [1.82, 2.24) is 14.7 Å². The van der Waals surface area contributed by atoms with Crippen LogP contribution in [0.25, 0.3) is 0 Å². The SMILES string of the molecule is O=C1COc2cc(C(=O)N3CCC[C@H](c4ccn(CCO)n4)C3)ccc2N1. The molecule has 2 amide bonds. The number of aliphatic hydroxyl groups excluding tert-OH is 1. The molecule has 0 saturated carbocycles. The number of nitrogens with zero attached hydrogens (tertiary/aromatic N) is 3. The molecule has 0 spiro atoms. The number of rotatable bonds is 4. The van der Waals surface area contributed by atoms with Gasteiger partial charge < -0.3 is 20.1 Å². The third-order valence-electron chi connectivity index (χ3n) is 4.98. The lowest BCUT2D eigenvalue weighted by atomic mass is 9.94. The molecule has 2 aromatic rings. The zero-order valence-corrected chi connectivity index (χ0v) is 14.9. The van der Waals surface area contributed by atoms with E-state index < -0.39 is 0 Å². The molecule has 0 unspecified atom stereocenters. The Kier molecular flexibility index (Phi) is 4.81. The van der Waals surface area contributed by atoms with E-state index in [9.17, 15) is 9.59 Å². The number of piperidine rings is 1. The average molecular weight is 370 g/mol. The molecule has 1 aromatic carbocycles. The van der Waals surface area contributed by atoms with Gasteiger partial charge in [0.25, 0.3) is 11.8 Å². The van der Waals surface area contributed by atoms with E-state index in [0.29, 0.717) is 36.6 Å². The molecule has 3 heterocycles. The number of ether oxygens (including phenoxy) is 1. The number of nitrogens with one attached hydrogen (secondary N) is 1. The van der Waals surface area contributed by atoms with E-state index >= 15 is 0 Å². The predicted molar refractivity (Wildman–Crippen MR) is 97.8 cm³/mol. The van der Waals surface area contributed by atoms with Crippen LogP contribution in [0.3, 0.4) is 0 Å². The lowest BCUT2D eigenvalue weighted by Crippen LogP contribution is -2.39. The number of fused-ring (bicyclic) bond motifs is 1. The summed E-state index contributed by atoms with van der Waals surface area (Å²) in [6, 6.07) is 7.08. The normalized spacial score (nSPS) is 19.2. The van der Waals surface area contributed by atoms with E-state index in [2.05, 4.69) is 10.4 Å². The predicted octanol–water partition coefficient (Wildman–Crippen LogP) is 1.23. The van der Waals surface area contributed by atoms with Crippen LogP contribution in [0.15, 0.2) is 30.5 Å². The van der Waals surface area contributed by atoms with E-state index in [-0.39, 0.29) is 30.9 Å². The molecule has 1 aromatic heterocycles. The average Bonchev–Trinajstić information content (AvgIpc) is 3.16. The zero-order valence-electron chi connectivity index (χ0n) is 14.9. The van der Waals surface area contributed by atoms with Gasteiger partial charge in [-0.15, -0.1) is 0 Å². The van der Waals surface area contributed by atoms with Crippen LogP contribution in [0.4, 0.5) is 5.69 Å². The monoisotopic (exact) mass is 370 g/mol. The van der Waals surface area contributed by atoms with Crippen LogP contribution < -0.4 is 10.1 Å². The molecule has 4 rings (SSSR count). The minimum atomic E-state index is -0.193. The number of benzene rings is 1. The highest BCUT2D eigenvalue weighted by molar-refractivity contribution is 5.99. The Bertz CT molecular complexity index is 863. The summed E-state index contributed by atoms with van der Waals surface area (Å²) in [5.74, 6) is 0.478. The van der Waals surface area contributed by atoms with Crippen LogP contribution >= 0.6 is 0 Å². The second-order valence-electron chi connectivity index (χ2n) is 6.87. The number of hydrogen-bond donors (Lipinski definition) is 2. The number of anilines is 1. The van der Waals surface area contributed by atoms with E-state index in [1.54, 1.807) is 22.9 Å². The summed E-state index contributed by atoms with van der Waals surface area (Å²) in [5, 5.41) is 16.3. The zero-order chi connectivity index (χ0) is 18.8. The van der Waals surface area contributed by atoms with Crippen molar-refractivity contribution in [2.75, 3.05) is 31.6 Å². The molecule has 8 heteroatoms. The van der Waals surface area contributed by atoms with E-state index in [4.69, 9.17) is 9.84 Å². The highest BCUT2D eigenvalue weighted by Gasteiger charge is 2.28. The molecule has 2 N–H and O–H groups in total. The van der Waals surface area contributed by atoms with Crippen LogP contribution in [-0.2, 0) is 11.3 Å². The van der Waals surface area contributed by atoms with Crippen molar-refractivity contribution in [3.8, 4) is 5.75 Å². The van der Waals surface area contributed by atoms with Gasteiger partial charge in [-0.1, -0.05) is 0 Å². The summed E-state index contributed by atoms with van der Waals surface area (Å²) < 4.78 is 7.14. The Morgan fingerprint density at radius 2 is 2.26 bits per heavy atom. The molecule has 142 valence electrons. The van der Waals surface area contributed by atoms with Crippen LogP contribution in [-0.4, -0.2) is 57.9 Å². The first kappa shape index (κ1) is 17.5.